The Balaban J connectivity index is 1.50. The first-order valence-electron chi connectivity index (χ1n) is 11.6. The summed E-state index contributed by atoms with van der Waals surface area (Å²) in [6.45, 7) is 2.69. The van der Waals surface area contributed by atoms with Crippen molar-refractivity contribution in [2.24, 2.45) is 0 Å². The van der Waals surface area contributed by atoms with Crippen molar-refractivity contribution in [1.82, 2.24) is 15.1 Å². The summed E-state index contributed by atoms with van der Waals surface area (Å²) in [5, 5.41) is 7.48. The number of nitrogens with zero attached hydrogens (tertiary/aromatic N) is 3. The van der Waals surface area contributed by atoms with Crippen LogP contribution in [0.25, 0.3) is 16.8 Å². The third kappa shape index (κ3) is 5.34. The minimum Gasteiger partial charge on any atom is -0.449 e. The minimum absolute atomic E-state index is 0.0198. The highest BCUT2D eigenvalue weighted by molar-refractivity contribution is 5.64. The topological polar surface area (TPSA) is 59.4 Å². The first kappa shape index (κ1) is 24.5. The van der Waals surface area contributed by atoms with Gasteiger partial charge >= 0.3 is 11.7 Å². The van der Waals surface area contributed by atoms with Crippen molar-refractivity contribution in [3.63, 3.8) is 0 Å². The zero-order valence-corrected chi connectivity index (χ0v) is 19.5. The quantitative estimate of drug-likeness (QED) is 0.372. The molecule has 3 aromatic carbocycles. The molecule has 0 bridgehead atoms. The average molecular weight is 510 g/mol. The van der Waals surface area contributed by atoms with E-state index < -0.39 is 17.3 Å². The number of hydrogen-bond acceptors (Lipinski definition) is 5. The Morgan fingerprint density at radius 3 is 2.03 bits per heavy atom. The van der Waals surface area contributed by atoms with Crippen molar-refractivity contribution in [2.45, 2.75) is 6.18 Å². The summed E-state index contributed by atoms with van der Waals surface area (Å²) in [5.41, 5.74) is 0.922. The number of hydrogen-bond donors (Lipinski definition) is 1. The van der Waals surface area contributed by atoms with Gasteiger partial charge in [-0.25, -0.2) is 4.39 Å². The lowest BCUT2D eigenvalue weighted by Crippen LogP contribution is -2.44. The summed E-state index contributed by atoms with van der Waals surface area (Å²) < 4.78 is 59.3. The van der Waals surface area contributed by atoms with Gasteiger partial charge in [0.15, 0.2) is 0 Å². The Morgan fingerprint density at radius 1 is 0.838 bits per heavy atom. The molecule has 0 atom stereocenters. The highest BCUT2D eigenvalue weighted by Crippen LogP contribution is 2.32. The Kier molecular flexibility index (Phi) is 6.66. The number of alkyl halides is 3. The molecule has 2 heterocycles. The van der Waals surface area contributed by atoms with Crippen LogP contribution in [0.1, 0.15) is 5.56 Å². The van der Waals surface area contributed by atoms with Crippen molar-refractivity contribution in [3.05, 3.63) is 101 Å². The molecule has 1 aliphatic rings. The van der Waals surface area contributed by atoms with Gasteiger partial charge in [-0.1, -0.05) is 24.3 Å². The van der Waals surface area contributed by atoms with E-state index in [2.05, 4.69) is 10.4 Å². The number of ether oxygens (including phenoxy) is 1. The second-order valence-corrected chi connectivity index (χ2v) is 8.49. The molecular formula is C27H22F4N4O2. The Bertz CT molecular complexity index is 1430. The number of piperazine rings is 1. The van der Waals surface area contributed by atoms with E-state index in [4.69, 9.17) is 4.74 Å². The smallest absolute Gasteiger partial charge is 0.416 e. The molecule has 1 aliphatic heterocycles. The molecule has 0 unspecified atom stereocenters. The summed E-state index contributed by atoms with van der Waals surface area (Å²) in [6, 6.07) is 17.3. The van der Waals surface area contributed by atoms with Gasteiger partial charge in [0, 0.05) is 26.2 Å². The Labute approximate surface area is 209 Å². The second kappa shape index (κ2) is 10.1. The third-order valence-corrected chi connectivity index (χ3v) is 6.06. The summed E-state index contributed by atoms with van der Waals surface area (Å²) >= 11 is 0. The van der Waals surface area contributed by atoms with Gasteiger partial charge in [-0.2, -0.15) is 23.0 Å². The predicted octanol–water partition coefficient (Wildman–Crippen LogP) is 5.26. The number of rotatable bonds is 5. The fraction of sp³-hybridized carbons (Fsp3) is 0.185. The highest BCUT2D eigenvalue weighted by Gasteiger charge is 2.30. The van der Waals surface area contributed by atoms with Gasteiger partial charge in [-0.05, 0) is 59.7 Å². The minimum atomic E-state index is -4.49. The standard InChI is InChI=1S/C27H22F4N4O2/c28-21-7-1-18(2-8-21)19-3-11-23(12-4-19)37-25-24(34-15-13-32-14-16-34)17-33-35(26(25)36)22-9-5-20(6-10-22)27(29,30)31/h1-12,17,32H,13-16H2. The summed E-state index contributed by atoms with van der Waals surface area (Å²) in [4.78, 5) is 15.5. The summed E-state index contributed by atoms with van der Waals surface area (Å²) in [5.74, 6) is 0.0852. The maximum atomic E-state index is 13.5. The zero-order chi connectivity index (χ0) is 26.0. The van der Waals surface area contributed by atoms with Crippen LogP contribution >= 0.6 is 0 Å². The van der Waals surface area contributed by atoms with Crippen molar-refractivity contribution in [3.8, 4) is 28.3 Å². The fourth-order valence-corrected chi connectivity index (χ4v) is 4.11. The number of benzene rings is 3. The van der Waals surface area contributed by atoms with E-state index in [1.165, 1.54) is 30.5 Å². The fourth-order valence-electron chi connectivity index (χ4n) is 4.11. The van der Waals surface area contributed by atoms with E-state index in [1.807, 2.05) is 4.90 Å². The molecule has 0 aliphatic carbocycles. The largest absolute Gasteiger partial charge is 0.449 e. The van der Waals surface area contributed by atoms with Crippen LogP contribution in [0.5, 0.6) is 11.5 Å². The van der Waals surface area contributed by atoms with Gasteiger partial charge in [-0.15, -0.1) is 0 Å². The summed E-state index contributed by atoms with van der Waals surface area (Å²) in [6.07, 6.45) is -3.00. The molecule has 37 heavy (non-hydrogen) atoms. The predicted molar refractivity (Wildman–Crippen MR) is 132 cm³/mol. The van der Waals surface area contributed by atoms with E-state index in [0.29, 0.717) is 37.6 Å². The zero-order valence-electron chi connectivity index (χ0n) is 19.5. The van der Waals surface area contributed by atoms with Crippen LogP contribution in [0, 0.1) is 5.82 Å². The number of nitrogens with one attached hydrogen (secondary N) is 1. The molecule has 5 rings (SSSR count). The first-order chi connectivity index (χ1) is 17.8. The van der Waals surface area contributed by atoms with Crippen molar-refractivity contribution in [1.29, 1.82) is 0 Å². The van der Waals surface area contributed by atoms with E-state index in [9.17, 15) is 22.4 Å². The molecule has 0 amide bonds. The maximum absolute atomic E-state index is 13.5. The molecular weight excluding hydrogens is 488 g/mol. The van der Waals surface area contributed by atoms with Crippen molar-refractivity contribution >= 4 is 5.69 Å². The molecule has 0 saturated carbocycles. The lowest BCUT2D eigenvalue weighted by Gasteiger charge is -2.30. The van der Waals surface area contributed by atoms with Gasteiger partial charge in [-0.3, -0.25) is 4.79 Å². The number of aromatic nitrogens is 2. The van der Waals surface area contributed by atoms with Gasteiger partial charge < -0.3 is 15.0 Å². The van der Waals surface area contributed by atoms with E-state index in [-0.39, 0.29) is 17.3 Å². The van der Waals surface area contributed by atoms with Gasteiger partial charge in [0.05, 0.1) is 17.4 Å². The van der Waals surface area contributed by atoms with Crippen LogP contribution in [-0.4, -0.2) is 36.0 Å². The molecule has 1 saturated heterocycles. The Morgan fingerprint density at radius 2 is 1.43 bits per heavy atom. The van der Waals surface area contributed by atoms with Gasteiger partial charge in [0.1, 0.15) is 17.3 Å². The molecule has 4 aromatic rings. The molecule has 1 fully saturated rings. The third-order valence-electron chi connectivity index (χ3n) is 6.06. The molecule has 1 aromatic heterocycles. The van der Waals surface area contributed by atoms with Crippen LogP contribution in [0.2, 0.25) is 0 Å². The lowest BCUT2D eigenvalue weighted by atomic mass is 10.1. The Hall–Kier alpha value is -4.18. The molecule has 1 N–H and O–H groups in total. The molecule has 10 heteroatoms. The van der Waals surface area contributed by atoms with Gasteiger partial charge in [0.25, 0.3) is 0 Å². The van der Waals surface area contributed by atoms with Crippen molar-refractivity contribution in [2.75, 3.05) is 31.1 Å². The van der Waals surface area contributed by atoms with Crippen LogP contribution in [0.4, 0.5) is 23.2 Å². The molecule has 6 nitrogen and oxygen atoms in total. The van der Waals surface area contributed by atoms with Gasteiger partial charge in [0.2, 0.25) is 5.75 Å². The number of halogens is 4. The van der Waals surface area contributed by atoms with Crippen LogP contribution in [0.15, 0.2) is 83.8 Å². The van der Waals surface area contributed by atoms with Crippen molar-refractivity contribution < 1.29 is 22.3 Å². The van der Waals surface area contributed by atoms with E-state index in [0.717, 1.165) is 27.9 Å². The maximum Gasteiger partial charge on any atom is 0.416 e. The van der Waals surface area contributed by atoms with Crippen LogP contribution < -0.4 is 20.5 Å². The SMILES string of the molecule is O=c1c(Oc2ccc(-c3ccc(F)cc3)cc2)c(N2CCNCC2)cnn1-c1ccc(C(F)(F)F)cc1. The van der Waals surface area contributed by atoms with Crippen LogP contribution in [0.3, 0.4) is 0 Å². The monoisotopic (exact) mass is 510 g/mol. The normalized spacial score (nSPS) is 14.0. The second-order valence-electron chi connectivity index (χ2n) is 8.49. The van der Waals surface area contributed by atoms with E-state index >= 15 is 0 Å². The van der Waals surface area contributed by atoms with E-state index in [1.54, 1.807) is 36.4 Å². The highest BCUT2D eigenvalue weighted by atomic mass is 19.4. The summed E-state index contributed by atoms with van der Waals surface area (Å²) in [7, 11) is 0. The molecule has 0 radical (unpaired) electrons. The average Bonchev–Trinajstić information content (AvgIpc) is 2.91. The first-order valence-corrected chi connectivity index (χ1v) is 11.6. The van der Waals surface area contributed by atoms with Crippen LogP contribution in [-0.2, 0) is 6.18 Å². The molecule has 190 valence electrons. The number of anilines is 1. The lowest BCUT2D eigenvalue weighted by molar-refractivity contribution is -0.137. The molecule has 0 spiro atoms.